The van der Waals surface area contributed by atoms with E-state index in [-0.39, 0.29) is 18.1 Å². The Balaban J connectivity index is 1.43. The first-order valence-corrected chi connectivity index (χ1v) is 11.8. The van der Waals surface area contributed by atoms with Gasteiger partial charge in [-0.25, -0.2) is 9.98 Å². The number of carbonyl (C=O) groups is 1. The smallest absolute Gasteiger partial charge is 0.290 e. The van der Waals surface area contributed by atoms with Crippen LogP contribution in [0.15, 0.2) is 58.5 Å². The molecule has 3 atom stereocenters. The summed E-state index contributed by atoms with van der Waals surface area (Å²) in [5, 5.41) is 0.523. The van der Waals surface area contributed by atoms with E-state index in [0.29, 0.717) is 42.4 Å². The van der Waals surface area contributed by atoms with Crippen LogP contribution in [0.25, 0.3) is 0 Å². The molecule has 1 saturated heterocycles. The molecule has 0 bridgehead atoms. The Labute approximate surface area is 204 Å². The van der Waals surface area contributed by atoms with Gasteiger partial charge in [0.15, 0.2) is 12.2 Å². The number of halogens is 1. The molecule has 3 aliphatic rings. The molecule has 2 unspecified atom stereocenters. The van der Waals surface area contributed by atoms with Gasteiger partial charge in [-0.15, -0.1) is 0 Å². The Bertz CT molecular complexity index is 1140. The van der Waals surface area contributed by atoms with Crippen molar-refractivity contribution in [3.63, 3.8) is 0 Å². The molecule has 0 aromatic heterocycles. The highest BCUT2D eigenvalue weighted by molar-refractivity contribution is 6.32. The summed E-state index contributed by atoms with van der Waals surface area (Å²) in [6.45, 7) is 3.66. The minimum Gasteiger partial charge on any atom is -0.495 e. The molecular formula is C25H28ClN5O3. The highest BCUT2D eigenvalue weighted by Crippen LogP contribution is 2.34. The van der Waals surface area contributed by atoms with Gasteiger partial charge in [-0.1, -0.05) is 48.0 Å². The SMILES string of the molecule is CCN1C(=O)C2C(N=C(OC)N2Cc2ccc(OC)c(Cl)c2)N2C[C@@H](Cc3ccccc3)N=C12. The molecule has 3 aliphatic heterocycles. The van der Waals surface area contributed by atoms with Gasteiger partial charge in [-0.2, -0.15) is 0 Å². The largest absolute Gasteiger partial charge is 0.495 e. The lowest BCUT2D eigenvalue weighted by atomic mass is 10.1. The molecule has 0 radical (unpaired) electrons. The molecule has 0 aliphatic carbocycles. The van der Waals surface area contributed by atoms with Crippen LogP contribution < -0.4 is 4.74 Å². The summed E-state index contributed by atoms with van der Waals surface area (Å²) < 4.78 is 10.9. The van der Waals surface area contributed by atoms with Crippen LogP contribution in [0.1, 0.15) is 18.1 Å². The van der Waals surface area contributed by atoms with Crippen molar-refractivity contribution in [3.05, 3.63) is 64.7 Å². The van der Waals surface area contributed by atoms with E-state index in [2.05, 4.69) is 17.0 Å². The molecule has 2 aromatic carbocycles. The second-order valence-corrected chi connectivity index (χ2v) is 8.99. The molecule has 0 saturated carbocycles. The van der Waals surface area contributed by atoms with Gasteiger partial charge in [0.1, 0.15) is 5.75 Å². The summed E-state index contributed by atoms with van der Waals surface area (Å²) in [7, 11) is 3.17. The van der Waals surface area contributed by atoms with E-state index < -0.39 is 6.04 Å². The van der Waals surface area contributed by atoms with Crippen LogP contribution in [0.5, 0.6) is 5.75 Å². The van der Waals surface area contributed by atoms with Gasteiger partial charge in [-0.05, 0) is 36.6 Å². The lowest BCUT2D eigenvalue weighted by molar-refractivity contribution is -0.136. The van der Waals surface area contributed by atoms with Crippen LogP contribution in [-0.2, 0) is 22.5 Å². The first-order chi connectivity index (χ1) is 16.5. The molecule has 8 nitrogen and oxygen atoms in total. The monoisotopic (exact) mass is 481 g/mol. The van der Waals surface area contributed by atoms with Crippen molar-refractivity contribution in [2.24, 2.45) is 9.98 Å². The fourth-order valence-electron chi connectivity index (χ4n) is 4.97. The molecule has 34 heavy (non-hydrogen) atoms. The maximum absolute atomic E-state index is 13.7. The van der Waals surface area contributed by atoms with Crippen molar-refractivity contribution in [2.45, 2.75) is 38.1 Å². The van der Waals surface area contributed by atoms with Crippen molar-refractivity contribution in [3.8, 4) is 5.75 Å². The number of carbonyl (C=O) groups excluding carboxylic acids is 1. The van der Waals surface area contributed by atoms with Crippen molar-refractivity contribution in [1.82, 2.24) is 14.7 Å². The molecule has 2 aromatic rings. The second-order valence-electron chi connectivity index (χ2n) is 8.58. The van der Waals surface area contributed by atoms with E-state index in [1.54, 1.807) is 19.1 Å². The fourth-order valence-corrected chi connectivity index (χ4v) is 5.25. The number of aliphatic imine (C=N–C) groups is 2. The van der Waals surface area contributed by atoms with Crippen molar-refractivity contribution < 1.29 is 14.3 Å². The highest BCUT2D eigenvalue weighted by atomic mass is 35.5. The van der Waals surface area contributed by atoms with E-state index in [9.17, 15) is 4.79 Å². The maximum atomic E-state index is 13.7. The van der Waals surface area contributed by atoms with Crippen LogP contribution >= 0.6 is 11.6 Å². The third-order valence-corrected chi connectivity index (χ3v) is 6.83. The third-order valence-electron chi connectivity index (χ3n) is 6.53. The standard InChI is InChI=1S/C25H28ClN5O3/c1-4-29-23(32)21-22(31-15-18(27-24(29)31)12-16-8-6-5-7-9-16)28-25(34-3)30(21)14-17-10-11-20(33-2)19(26)13-17/h5-11,13,18,21-22H,4,12,14-15H2,1-3H3/t18-,21?,22?/m1/s1. The Morgan fingerprint density at radius 1 is 1.06 bits per heavy atom. The number of rotatable bonds is 6. The zero-order valence-corrected chi connectivity index (χ0v) is 20.3. The van der Waals surface area contributed by atoms with Crippen LogP contribution in [0.4, 0.5) is 0 Å². The second kappa shape index (κ2) is 9.18. The molecule has 0 N–H and O–H groups in total. The summed E-state index contributed by atoms with van der Waals surface area (Å²) in [6.07, 6.45) is 0.442. The quantitative estimate of drug-likeness (QED) is 0.634. The topological polar surface area (TPSA) is 70.0 Å². The van der Waals surface area contributed by atoms with Crippen molar-refractivity contribution >= 4 is 29.5 Å². The number of hydrogen-bond donors (Lipinski definition) is 0. The predicted molar refractivity (Wildman–Crippen MR) is 131 cm³/mol. The number of hydrogen-bond acceptors (Lipinski definition) is 7. The van der Waals surface area contributed by atoms with Crippen LogP contribution in [0.2, 0.25) is 5.02 Å². The fraction of sp³-hybridized carbons (Fsp3) is 0.400. The number of guanidine groups is 1. The van der Waals surface area contributed by atoms with Gasteiger partial charge < -0.3 is 19.3 Å². The Hall–Kier alpha value is -3.26. The zero-order valence-electron chi connectivity index (χ0n) is 19.5. The van der Waals surface area contributed by atoms with Crippen molar-refractivity contribution in [2.75, 3.05) is 27.3 Å². The molecular weight excluding hydrogens is 454 g/mol. The minimum absolute atomic E-state index is 0.0155. The van der Waals surface area contributed by atoms with Crippen molar-refractivity contribution in [1.29, 1.82) is 0 Å². The molecule has 178 valence electrons. The minimum atomic E-state index is -0.495. The Morgan fingerprint density at radius 3 is 2.53 bits per heavy atom. The normalized spacial score (nSPS) is 23.5. The van der Waals surface area contributed by atoms with E-state index in [4.69, 9.17) is 31.1 Å². The molecule has 5 rings (SSSR count). The maximum Gasteiger partial charge on any atom is 0.290 e. The Kier molecular flexibility index (Phi) is 6.08. The lowest BCUT2D eigenvalue weighted by Crippen LogP contribution is -2.65. The van der Waals surface area contributed by atoms with Crippen LogP contribution in [-0.4, -0.2) is 78.1 Å². The first kappa shape index (κ1) is 22.5. The molecule has 0 spiro atoms. The first-order valence-electron chi connectivity index (χ1n) is 11.4. The van der Waals surface area contributed by atoms with Crippen LogP contribution in [0, 0.1) is 0 Å². The summed E-state index contributed by atoms with van der Waals surface area (Å²) in [5.74, 6) is 1.31. The number of benzene rings is 2. The number of likely N-dealkylation sites (N-methyl/N-ethyl adjacent to an activating group) is 1. The summed E-state index contributed by atoms with van der Waals surface area (Å²) in [5.41, 5.74) is 2.17. The average molecular weight is 482 g/mol. The number of nitrogens with zero attached hydrogens (tertiary/aromatic N) is 5. The number of amides is 1. The van der Waals surface area contributed by atoms with Gasteiger partial charge in [-0.3, -0.25) is 9.69 Å². The number of fused-ring (bicyclic) bond motifs is 3. The molecule has 9 heteroatoms. The molecule has 1 fully saturated rings. The molecule has 1 amide bonds. The Morgan fingerprint density at radius 2 is 1.85 bits per heavy atom. The van der Waals surface area contributed by atoms with Gasteiger partial charge in [0, 0.05) is 19.6 Å². The molecule has 3 heterocycles. The van der Waals surface area contributed by atoms with Gasteiger partial charge >= 0.3 is 0 Å². The van der Waals surface area contributed by atoms with Crippen LogP contribution in [0.3, 0.4) is 0 Å². The van der Waals surface area contributed by atoms with E-state index in [1.807, 2.05) is 48.2 Å². The van der Waals surface area contributed by atoms with E-state index >= 15 is 0 Å². The van der Waals surface area contributed by atoms with Gasteiger partial charge in [0.25, 0.3) is 11.9 Å². The number of ether oxygens (including phenoxy) is 2. The highest BCUT2D eigenvalue weighted by Gasteiger charge is 2.54. The van der Waals surface area contributed by atoms with Gasteiger partial charge in [0.2, 0.25) is 5.96 Å². The summed E-state index contributed by atoms with van der Waals surface area (Å²) in [6, 6.07) is 15.9. The summed E-state index contributed by atoms with van der Waals surface area (Å²) >= 11 is 6.35. The van der Waals surface area contributed by atoms with E-state index in [1.165, 1.54) is 5.56 Å². The number of amidine groups is 1. The van der Waals surface area contributed by atoms with E-state index in [0.717, 1.165) is 12.0 Å². The third kappa shape index (κ3) is 3.86. The number of methoxy groups -OCH3 is 2. The van der Waals surface area contributed by atoms with Gasteiger partial charge in [0.05, 0.1) is 25.3 Å². The predicted octanol–water partition coefficient (Wildman–Crippen LogP) is 3.01. The summed E-state index contributed by atoms with van der Waals surface area (Å²) in [4.78, 5) is 29.3. The zero-order chi connectivity index (χ0) is 23.8. The average Bonchev–Trinajstić information content (AvgIpc) is 3.42. The lowest BCUT2D eigenvalue weighted by Gasteiger charge is -2.42.